The molecule has 0 heterocycles. The monoisotopic (exact) mass is 375 g/mol. The van der Waals surface area contributed by atoms with Gasteiger partial charge in [0.2, 0.25) is 5.91 Å². The van der Waals surface area contributed by atoms with E-state index >= 15 is 0 Å². The van der Waals surface area contributed by atoms with Crippen molar-refractivity contribution in [2.24, 2.45) is 0 Å². The Morgan fingerprint density at radius 3 is 2.46 bits per heavy atom. The maximum absolute atomic E-state index is 12.8. The van der Waals surface area contributed by atoms with Crippen molar-refractivity contribution in [1.29, 1.82) is 0 Å². The summed E-state index contributed by atoms with van der Waals surface area (Å²) in [6.45, 7) is 1.28. The SMILES string of the molecule is CC(=O)N/C(=C\c1cccc([N+](=O)[O-])c1)C(=O)Nc1cccc2ccccc12. The molecule has 0 radical (unpaired) electrons. The van der Waals surface area contributed by atoms with Crippen LogP contribution in [0.25, 0.3) is 16.8 Å². The zero-order valence-electron chi connectivity index (χ0n) is 15.0. The predicted molar refractivity (Wildman–Crippen MR) is 107 cm³/mol. The van der Waals surface area contributed by atoms with Crippen LogP contribution in [0.1, 0.15) is 12.5 Å². The molecule has 0 unspecified atom stereocenters. The molecule has 3 rings (SSSR count). The normalized spacial score (nSPS) is 11.1. The summed E-state index contributed by atoms with van der Waals surface area (Å²) in [7, 11) is 0. The molecule has 3 aromatic rings. The van der Waals surface area contributed by atoms with Gasteiger partial charge in [0.1, 0.15) is 5.70 Å². The second kappa shape index (κ2) is 8.13. The molecule has 7 heteroatoms. The summed E-state index contributed by atoms with van der Waals surface area (Å²) in [4.78, 5) is 34.8. The number of fused-ring (bicyclic) bond motifs is 1. The van der Waals surface area contributed by atoms with Gasteiger partial charge in [0.05, 0.1) is 4.92 Å². The van der Waals surface area contributed by atoms with E-state index < -0.39 is 16.7 Å². The Balaban J connectivity index is 1.95. The van der Waals surface area contributed by atoms with Crippen molar-refractivity contribution in [2.75, 3.05) is 5.32 Å². The third-order valence-corrected chi connectivity index (χ3v) is 3.99. The minimum Gasteiger partial charge on any atom is -0.322 e. The van der Waals surface area contributed by atoms with Crippen molar-refractivity contribution < 1.29 is 14.5 Å². The van der Waals surface area contributed by atoms with Crippen LogP contribution in [-0.4, -0.2) is 16.7 Å². The van der Waals surface area contributed by atoms with E-state index in [1.807, 2.05) is 36.4 Å². The Morgan fingerprint density at radius 1 is 1.00 bits per heavy atom. The fraction of sp³-hybridized carbons (Fsp3) is 0.0476. The number of hydrogen-bond acceptors (Lipinski definition) is 4. The Kier molecular flexibility index (Phi) is 5.45. The summed E-state index contributed by atoms with van der Waals surface area (Å²) in [5.41, 5.74) is 0.899. The second-order valence-electron chi connectivity index (χ2n) is 6.07. The number of nitrogens with zero attached hydrogens (tertiary/aromatic N) is 1. The van der Waals surface area contributed by atoms with E-state index in [4.69, 9.17) is 0 Å². The van der Waals surface area contributed by atoms with Crippen LogP contribution < -0.4 is 10.6 Å². The molecule has 0 aliphatic rings. The van der Waals surface area contributed by atoms with Crippen molar-refractivity contribution in [3.63, 3.8) is 0 Å². The number of carbonyl (C=O) groups is 2. The molecule has 28 heavy (non-hydrogen) atoms. The van der Waals surface area contributed by atoms with E-state index in [1.165, 1.54) is 31.2 Å². The molecule has 140 valence electrons. The highest BCUT2D eigenvalue weighted by molar-refractivity contribution is 6.11. The Labute approximate surface area is 160 Å². The van der Waals surface area contributed by atoms with Gasteiger partial charge in [-0.2, -0.15) is 0 Å². The van der Waals surface area contributed by atoms with E-state index in [-0.39, 0.29) is 11.4 Å². The molecular weight excluding hydrogens is 358 g/mol. The smallest absolute Gasteiger partial charge is 0.272 e. The number of benzene rings is 3. The molecule has 0 spiro atoms. The van der Waals surface area contributed by atoms with Crippen molar-refractivity contribution in [1.82, 2.24) is 5.32 Å². The largest absolute Gasteiger partial charge is 0.322 e. The lowest BCUT2D eigenvalue weighted by molar-refractivity contribution is -0.384. The molecule has 0 aromatic heterocycles. The highest BCUT2D eigenvalue weighted by Gasteiger charge is 2.14. The van der Waals surface area contributed by atoms with E-state index in [9.17, 15) is 19.7 Å². The van der Waals surface area contributed by atoms with Gasteiger partial charge >= 0.3 is 0 Å². The molecule has 0 aliphatic heterocycles. The molecule has 0 saturated carbocycles. The summed E-state index contributed by atoms with van der Waals surface area (Å²) in [6.07, 6.45) is 1.40. The summed E-state index contributed by atoms with van der Waals surface area (Å²) < 4.78 is 0. The minimum absolute atomic E-state index is 0.0130. The fourth-order valence-corrected chi connectivity index (χ4v) is 2.77. The molecule has 3 aromatic carbocycles. The lowest BCUT2D eigenvalue weighted by atomic mass is 10.1. The van der Waals surface area contributed by atoms with Gasteiger partial charge in [-0.05, 0) is 23.1 Å². The third kappa shape index (κ3) is 4.39. The zero-order chi connectivity index (χ0) is 20.1. The first-order chi connectivity index (χ1) is 13.4. The number of non-ortho nitro benzene ring substituents is 1. The first-order valence-corrected chi connectivity index (χ1v) is 8.47. The topological polar surface area (TPSA) is 101 Å². The van der Waals surface area contributed by atoms with Crippen molar-refractivity contribution in [3.8, 4) is 0 Å². The van der Waals surface area contributed by atoms with Gasteiger partial charge in [-0.3, -0.25) is 19.7 Å². The summed E-state index contributed by atoms with van der Waals surface area (Å²) in [6, 6.07) is 18.9. The van der Waals surface area contributed by atoms with Crippen LogP contribution in [0.15, 0.2) is 72.4 Å². The number of carbonyl (C=O) groups excluding carboxylic acids is 2. The van der Waals surface area contributed by atoms with Gasteiger partial charge in [-0.15, -0.1) is 0 Å². The fourth-order valence-electron chi connectivity index (χ4n) is 2.77. The number of nitro groups is 1. The molecule has 0 aliphatic carbocycles. The van der Waals surface area contributed by atoms with Crippen LogP contribution in [0.2, 0.25) is 0 Å². The summed E-state index contributed by atoms with van der Waals surface area (Å²) >= 11 is 0. The molecule has 2 N–H and O–H groups in total. The van der Waals surface area contributed by atoms with Gasteiger partial charge in [-0.25, -0.2) is 0 Å². The standard InChI is InChI=1S/C21H17N3O4/c1-14(25)22-20(13-15-6-4-9-17(12-15)24(27)28)21(26)23-19-11-5-8-16-7-2-3-10-18(16)19/h2-13H,1H3,(H,22,25)(H,23,26)/b20-13-. The Morgan fingerprint density at radius 2 is 1.71 bits per heavy atom. The van der Waals surface area contributed by atoms with Gasteiger partial charge < -0.3 is 10.6 Å². The maximum atomic E-state index is 12.8. The van der Waals surface area contributed by atoms with Gasteiger partial charge in [0.15, 0.2) is 0 Å². The first kappa shape index (κ1) is 18.8. The lowest BCUT2D eigenvalue weighted by Gasteiger charge is -2.12. The van der Waals surface area contributed by atoms with Crippen molar-refractivity contribution in [2.45, 2.75) is 6.92 Å². The highest BCUT2D eigenvalue weighted by Crippen LogP contribution is 2.23. The molecular formula is C21H17N3O4. The van der Waals surface area contributed by atoms with Gasteiger partial charge in [-0.1, -0.05) is 48.5 Å². The number of anilines is 1. The van der Waals surface area contributed by atoms with Gasteiger partial charge in [0.25, 0.3) is 11.6 Å². The van der Waals surface area contributed by atoms with E-state index in [0.717, 1.165) is 10.8 Å². The zero-order valence-corrected chi connectivity index (χ0v) is 15.0. The van der Waals surface area contributed by atoms with Gasteiger partial charge in [0, 0.05) is 30.1 Å². The van der Waals surface area contributed by atoms with Crippen LogP contribution in [-0.2, 0) is 9.59 Å². The molecule has 0 bridgehead atoms. The highest BCUT2D eigenvalue weighted by atomic mass is 16.6. The molecule has 0 saturated heterocycles. The number of hydrogen-bond donors (Lipinski definition) is 2. The van der Waals surface area contributed by atoms with Crippen LogP contribution in [0.5, 0.6) is 0 Å². The van der Waals surface area contributed by atoms with Crippen LogP contribution in [0, 0.1) is 10.1 Å². The van der Waals surface area contributed by atoms with Crippen LogP contribution in [0.3, 0.4) is 0 Å². The second-order valence-corrected chi connectivity index (χ2v) is 6.07. The lowest BCUT2D eigenvalue weighted by Crippen LogP contribution is -2.29. The average Bonchev–Trinajstić information content (AvgIpc) is 2.67. The maximum Gasteiger partial charge on any atom is 0.272 e. The quantitative estimate of drug-likeness (QED) is 0.402. The number of nitrogens with one attached hydrogen (secondary N) is 2. The van der Waals surface area contributed by atoms with E-state index in [0.29, 0.717) is 11.3 Å². The summed E-state index contributed by atoms with van der Waals surface area (Å²) in [5, 5.41) is 18.0. The Hall–Kier alpha value is -4.00. The number of amides is 2. The molecule has 7 nitrogen and oxygen atoms in total. The van der Waals surface area contributed by atoms with E-state index in [1.54, 1.807) is 12.1 Å². The summed E-state index contributed by atoms with van der Waals surface area (Å²) in [5.74, 6) is -0.956. The van der Waals surface area contributed by atoms with Crippen LogP contribution >= 0.6 is 0 Å². The van der Waals surface area contributed by atoms with E-state index in [2.05, 4.69) is 10.6 Å². The van der Waals surface area contributed by atoms with Crippen LogP contribution in [0.4, 0.5) is 11.4 Å². The average molecular weight is 375 g/mol. The molecule has 0 fully saturated rings. The van der Waals surface area contributed by atoms with Crippen molar-refractivity contribution in [3.05, 3.63) is 88.1 Å². The third-order valence-electron chi connectivity index (χ3n) is 3.99. The molecule has 0 atom stereocenters. The first-order valence-electron chi connectivity index (χ1n) is 8.47. The molecule has 2 amide bonds. The Bertz CT molecular complexity index is 1100. The predicted octanol–water partition coefficient (Wildman–Crippen LogP) is 3.86. The number of rotatable bonds is 5. The minimum atomic E-state index is -0.530. The number of nitro benzene ring substituents is 1. The van der Waals surface area contributed by atoms with Crippen molar-refractivity contribution >= 4 is 40.0 Å².